The maximum absolute atomic E-state index is 13.4. The Morgan fingerprint density at radius 1 is 1.09 bits per heavy atom. The van der Waals surface area contributed by atoms with Gasteiger partial charge in [0.15, 0.2) is 0 Å². The number of hydrogen-bond acceptors (Lipinski definition) is 4. The molecule has 1 aliphatic rings. The summed E-state index contributed by atoms with van der Waals surface area (Å²) in [4.78, 5) is 26.1. The average molecular weight is 476 g/mol. The molecule has 1 fully saturated rings. The lowest BCUT2D eigenvalue weighted by atomic mass is 9.91. The van der Waals surface area contributed by atoms with E-state index >= 15 is 0 Å². The summed E-state index contributed by atoms with van der Waals surface area (Å²) in [5, 5.41) is 3.62. The lowest BCUT2D eigenvalue weighted by Crippen LogP contribution is -2.56. The zero-order valence-corrected chi connectivity index (χ0v) is 21.5. The van der Waals surface area contributed by atoms with Gasteiger partial charge in [0.25, 0.3) is 5.91 Å². The predicted molar refractivity (Wildman–Crippen MR) is 145 cm³/mol. The summed E-state index contributed by atoms with van der Waals surface area (Å²) in [7, 11) is 2.00. The van der Waals surface area contributed by atoms with Gasteiger partial charge < -0.3 is 15.2 Å². The normalized spacial score (nSPS) is 16.8. The molecule has 1 aromatic heterocycles. The summed E-state index contributed by atoms with van der Waals surface area (Å²) in [6.07, 6.45) is 8.14. The fraction of sp³-hybridized carbons (Fsp3) is 0.517. The number of imidazole rings is 1. The third-order valence-electron chi connectivity index (χ3n) is 7.50. The first-order valence-corrected chi connectivity index (χ1v) is 13.4. The van der Waals surface area contributed by atoms with Gasteiger partial charge in [0.1, 0.15) is 0 Å². The SMILES string of the molecule is CCCCCC(CC)C(N1CCC(Nc2nc3ccccc3[nH]2)CC1)N(C)C(=O)c1ccccc1. The fourth-order valence-electron chi connectivity index (χ4n) is 5.51. The summed E-state index contributed by atoms with van der Waals surface area (Å²) < 4.78 is 0. The molecule has 1 saturated heterocycles. The van der Waals surface area contributed by atoms with Crippen LogP contribution in [0.3, 0.4) is 0 Å². The number of H-pyrrole nitrogens is 1. The molecule has 2 unspecified atom stereocenters. The molecule has 188 valence electrons. The Balaban J connectivity index is 1.45. The number of benzene rings is 2. The van der Waals surface area contributed by atoms with Gasteiger partial charge in [-0.3, -0.25) is 9.69 Å². The minimum absolute atomic E-state index is 0.118. The first-order valence-electron chi connectivity index (χ1n) is 13.4. The van der Waals surface area contributed by atoms with E-state index in [0.29, 0.717) is 12.0 Å². The molecule has 4 rings (SSSR count). The van der Waals surface area contributed by atoms with E-state index in [1.54, 1.807) is 0 Å². The maximum atomic E-state index is 13.4. The number of carbonyl (C=O) groups excluding carboxylic acids is 1. The van der Waals surface area contributed by atoms with Gasteiger partial charge in [-0.05, 0) is 49.4 Å². The fourth-order valence-corrected chi connectivity index (χ4v) is 5.51. The molecule has 0 radical (unpaired) electrons. The molecule has 0 bridgehead atoms. The molecule has 35 heavy (non-hydrogen) atoms. The van der Waals surface area contributed by atoms with Crippen LogP contribution in [0.4, 0.5) is 5.95 Å². The Kier molecular flexibility index (Phi) is 8.80. The first-order chi connectivity index (χ1) is 17.1. The van der Waals surface area contributed by atoms with E-state index < -0.39 is 0 Å². The van der Waals surface area contributed by atoms with Crippen molar-refractivity contribution in [1.29, 1.82) is 0 Å². The molecule has 6 heteroatoms. The maximum Gasteiger partial charge on any atom is 0.254 e. The second-order valence-corrected chi connectivity index (χ2v) is 9.92. The molecule has 0 aliphatic carbocycles. The number of hydrogen-bond donors (Lipinski definition) is 2. The molecular formula is C29H41N5O. The highest BCUT2D eigenvalue weighted by molar-refractivity contribution is 5.94. The number of likely N-dealkylation sites (tertiary alicyclic amines) is 1. The second kappa shape index (κ2) is 12.2. The number of amides is 1. The first kappa shape index (κ1) is 25.2. The zero-order chi connectivity index (χ0) is 24.6. The topological polar surface area (TPSA) is 64.3 Å². The van der Waals surface area contributed by atoms with Crippen molar-refractivity contribution >= 4 is 22.9 Å². The zero-order valence-electron chi connectivity index (χ0n) is 21.5. The minimum Gasteiger partial charge on any atom is -0.353 e. The largest absolute Gasteiger partial charge is 0.353 e. The summed E-state index contributed by atoms with van der Waals surface area (Å²) in [5.41, 5.74) is 2.82. The van der Waals surface area contributed by atoms with Crippen molar-refractivity contribution < 1.29 is 4.79 Å². The molecule has 1 aliphatic heterocycles. The molecule has 2 N–H and O–H groups in total. The number of aromatic nitrogens is 2. The third kappa shape index (κ3) is 6.23. The van der Waals surface area contributed by atoms with Crippen LogP contribution in [0.25, 0.3) is 11.0 Å². The van der Waals surface area contributed by atoms with Crippen molar-refractivity contribution in [3.05, 3.63) is 60.2 Å². The van der Waals surface area contributed by atoms with Gasteiger partial charge in [-0.1, -0.05) is 69.9 Å². The monoisotopic (exact) mass is 475 g/mol. The number of fused-ring (bicyclic) bond motifs is 1. The van der Waals surface area contributed by atoms with E-state index in [4.69, 9.17) is 4.98 Å². The Labute approximate surface area is 210 Å². The molecule has 1 amide bonds. The van der Waals surface area contributed by atoms with Crippen LogP contribution in [0.2, 0.25) is 0 Å². The van der Waals surface area contributed by atoms with Gasteiger partial charge >= 0.3 is 0 Å². The van der Waals surface area contributed by atoms with Crippen molar-refractivity contribution in [1.82, 2.24) is 19.8 Å². The Morgan fingerprint density at radius 2 is 1.80 bits per heavy atom. The molecule has 2 aromatic carbocycles. The van der Waals surface area contributed by atoms with E-state index in [0.717, 1.165) is 54.9 Å². The van der Waals surface area contributed by atoms with E-state index in [2.05, 4.69) is 35.1 Å². The number of nitrogens with zero attached hydrogens (tertiary/aromatic N) is 3. The van der Waals surface area contributed by atoms with Crippen LogP contribution >= 0.6 is 0 Å². The van der Waals surface area contributed by atoms with E-state index in [1.807, 2.05) is 60.5 Å². The highest BCUT2D eigenvalue weighted by Crippen LogP contribution is 2.28. The quantitative estimate of drug-likeness (QED) is 0.327. The number of piperidine rings is 1. The van der Waals surface area contributed by atoms with Crippen molar-refractivity contribution in [2.24, 2.45) is 5.92 Å². The highest BCUT2D eigenvalue weighted by atomic mass is 16.2. The van der Waals surface area contributed by atoms with E-state index in [-0.39, 0.29) is 12.1 Å². The summed E-state index contributed by atoms with van der Waals surface area (Å²) in [6.45, 7) is 6.47. The minimum atomic E-state index is 0.118. The Morgan fingerprint density at radius 3 is 2.49 bits per heavy atom. The second-order valence-electron chi connectivity index (χ2n) is 9.92. The van der Waals surface area contributed by atoms with Crippen LogP contribution < -0.4 is 5.32 Å². The van der Waals surface area contributed by atoms with Gasteiger partial charge in [-0.25, -0.2) is 4.98 Å². The number of aromatic amines is 1. The molecule has 3 aromatic rings. The lowest BCUT2D eigenvalue weighted by Gasteiger charge is -2.45. The molecule has 2 heterocycles. The van der Waals surface area contributed by atoms with E-state index in [9.17, 15) is 4.79 Å². The van der Waals surface area contributed by atoms with Crippen molar-refractivity contribution in [3.8, 4) is 0 Å². The van der Waals surface area contributed by atoms with Crippen LogP contribution in [-0.4, -0.2) is 58.0 Å². The van der Waals surface area contributed by atoms with Crippen LogP contribution in [-0.2, 0) is 0 Å². The Bertz CT molecular complexity index is 1020. The number of anilines is 1. The van der Waals surface area contributed by atoms with Crippen LogP contribution in [0.15, 0.2) is 54.6 Å². The van der Waals surface area contributed by atoms with Crippen LogP contribution in [0.1, 0.15) is 69.2 Å². The van der Waals surface area contributed by atoms with Gasteiger partial charge in [0.05, 0.1) is 17.2 Å². The van der Waals surface area contributed by atoms with Gasteiger partial charge in [-0.15, -0.1) is 0 Å². The van der Waals surface area contributed by atoms with E-state index in [1.165, 1.54) is 25.7 Å². The lowest BCUT2D eigenvalue weighted by molar-refractivity contribution is 0.00185. The highest BCUT2D eigenvalue weighted by Gasteiger charge is 2.35. The number of para-hydroxylation sites is 2. The summed E-state index contributed by atoms with van der Waals surface area (Å²) in [5.74, 6) is 1.44. The third-order valence-corrected chi connectivity index (χ3v) is 7.50. The van der Waals surface area contributed by atoms with Crippen molar-refractivity contribution in [2.45, 2.75) is 71.0 Å². The van der Waals surface area contributed by atoms with Gasteiger partial charge in [0.2, 0.25) is 5.95 Å². The number of unbranched alkanes of at least 4 members (excludes halogenated alkanes) is 2. The average Bonchev–Trinajstić information content (AvgIpc) is 3.31. The molecular weight excluding hydrogens is 434 g/mol. The smallest absolute Gasteiger partial charge is 0.254 e. The number of nitrogens with one attached hydrogen (secondary N) is 2. The molecule has 2 atom stereocenters. The number of carbonyl (C=O) groups is 1. The predicted octanol–water partition coefficient (Wildman–Crippen LogP) is 6.14. The van der Waals surface area contributed by atoms with Crippen LogP contribution in [0.5, 0.6) is 0 Å². The summed E-state index contributed by atoms with van der Waals surface area (Å²) >= 11 is 0. The molecule has 0 saturated carbocycles. The standard InChI is InChI=1S/C29H41N5O/c1-4-6-8-13-22(5-2)27(33(3)28(35)23-14-9-7-10-15-23)34-20-18-24(19-21-34)30-29-31-25-16-11-12-17-26(25)32-29/h7,9-12,14-17,22,24,27H,4-6,8,13,18-21H2,1-3H3,(H2,30,31,32). The number of rotatable bonds is 11. The van der Waals surface area contributed by atoms with Gasteiger partial charge in [-0.2, -0.15) is 0 Å². The molecule has 0 spiro atoms. The Hall–Kier alpha value is -2.86. The summed E-state index contributed by atoms with van der Waals surface area (Å²) in [6, 6.07) is 18.2. The van der Waals surface area contributed by atoms with Crippen molar-refractivity contribution in [3.63, 3.8) is 0 Å². The van der Waals surface area contributed by atoms with Gasteiger partial charge in [0, 0.05) is 31.7 Å². The van der Waals surface area contributed by atoms with Crippen LogP contribution in [0, 0.1) is 5.92 Å². The molecule has 6 nitrogen and oxygen atoms in total. The van der Waals surface area contributed by atoms with Crippen molar-refractivity contribution in [2.75, 3.05) is 25.5 Å².